The molecule has 0 spiro atoms. The van der Waals surface area contributed by atoms with Gasteiger partial charge in [-0.3, -0.25) is 9.69 Å². The van der Waals surface area contributed by atoms with Crippen LogP contribution in [0.4, 0.5) is 5.69 Å². The highest BCUT2D eigenvalue weighted by Gasteiger charge is 2.27. The molecule has 33 heavy (non-hydrogen) atoms. The summed E-state index contributed by atoms with van der Waals surface area (Å²) in [5.74, 6) is 1.15. The van der Waals surface area contributed by atoms with Crippen LogP contribution in [0.2, 0.25) is 5.02 Å². The SMILES string of the molecule is Cl.O=C(C1CCCCC1)N(Cc1ccc(O)cc1Cl)c1ccc(OCCN2CCCC2)cc1. The van der Waals surface area contributed by atoms with Crippen LogP contribution in [0.5, 0.6) is 11.5 Å². The molecule has 1 heterocycles. The first-order valence-electron chi connectivity index (χ1n) is 11.8. The molecule has 1 saturated heterocycles. The predicted molar refractivity (Wildman–Crippen MR) is 136 cm³/mol. The Balaban J connectivity index is 0.00000306. The molecule has 2 fully saturated rings. The van der Waals surface area contributed by atoms with E-state index < -0.39 is 0 Å². The molecule has 1 aliphatic heterocycles. The minimum atomic E-state index is 0. The van der Waals surface area contributed by atoms with Gasteiger partial charge in [0, 0.05) is 23.2 Å². The third-order valence-corrected chi connectivity index (χ3v) is 6.96. The zero-order valence-corrected chi connectivity index (χ0v) is 20.6. The average Bonchev–Trinajstić information content (AvgIpc) is 3.33. The van der Waals surface area contributed by atoms with E-state index in [-0.39, 0.29) is 30.0 Å². The molecule has 2 aliphatic rings. The number of anilines is 1. The molecule has 0 bridgehead atoms. The van der Waals surface area contributed by atoms with Crippen LogP contribution in [0.15, 0.2) is 42.5 Å². The molecular weight excluding hydrogens is 459 g/mol. The van der Waals surface area contributed by atoms with Crippen LogP contribution >= 0.6 is 24.0 Å². The maximum atomic E-state index is 13.5. The van der Waals surface area contributed by atoms with Crippen molar-refractivity contribution in [3.05, 3.63) is 53.1 Å². The Morgan fingerprint density at radius 1 is 1.03 bits per heavy atom. The van der Waals surface area contributed by atoms with Crippen molar-refractivity contribution in [1.82, 2.24) is 4.90 Å². The number of carbonyl (C=O) groups is 1. The minimum absolute atomic E-state index is 0. The number of benzene rings is 2. The van der Waals surface area contributed by atoms with E-state index in [9.17, 15) is 9.90 Å². The number of likely N-dealkylation sites (tertiary alicyclic amines) is 1. The summed E-state index contributed by atoms with van der Waals surface area (Å²) < 4.78 is 5.94. The van der Waals surface area contributed by atoms with Crippen molar-refractivity contribution in [1.29, 1.82) is 0 Å². The Bertz CT molecular complexity index is 895. The topological polar surface area (TPSA) is 53.0 Å². The number of rotatable bonds is 8. The van der Waals surface area contributed by atoms with Gasteiger partial charge in [0.2, 0.25) is 5.91 Å². The lowest BCUT2D eigenvalue weighted by atomic mass is 9.88. The average molecular weight is 493 g/mol. The van der Waals surface area contributed by atoms with E-state index in [1.807, 2.05) is 29.2 Å². The fraction of sp³-hybridized carbons (Fsp3) is 0.500. The second-order valence-corrected chi connectivity index (χ2v) is 9.33. The van der Waals surface area contributed by atoms with Gasteiger partial charge in [-0.2, -0.15) is 0 Å². The van der Waals surface area contributed by atoms with E-state index in [2.05, 4.69) is 4.90 Å². The van der Waals surface area contributed by atoms with Gasteiger partial charge in [-0.05, 0) is 80.7 Å². The molecule has 0 radical (unpaired) electrons. The van der Waals surface area contributed by atoms with E-state index in [1.54, 1.807) is 12.1 Å². The molecule has 1 saturated carbocycles. The van der Waals surface area contributed by atoms with Crippen molar-refractivity contribution in [2.24, 2.45) is 5.92 Å². The first-order chi connectivity index (χ1) is 15.6. The molecule has 1 N–H and O–H groups in total. The van der Waals surface area contributed by atoms with Crippen LogP contribution < -0.4 is 9.64 Å². The van der Waals surface area contributed by atoms with Crippen LogP contribution in [0.1, 0.15) is 50.5 Å². The van der Waals surface area contributed by atoms with Crippen LogP contribution in [-0.4, -0.2) is 42.2 Å². The van der Waals surface area contributed by atoms with Crippen LogP contribution in [0.3, 0.4) is 0 Å². The van der Waals surface area contributed by atoms with Gasteiger partial charge in [-0.15, -0.1) is 12.4 Å². The minimum Gasteiger partial charge on any atom is -0.508 e. The van der Waals surface area contributed by atoms with Gasteiger partial charge in [0.05, 0.1) is 6.54 Å². The van der Waals surface area contributed by atoms with Crippen molar-refractivity contribution in [3.8, 4) is 11.5 Å². The van der Waals surface area contributed by atoms with Crippen molar-refractivity contribution >= 4 is 35.6 Å². The fourth-order valence-electron chi connectivity index (χ4n) is 4.72. The maximum absolute atomic E-state index is 13.5. The highest BCUT2D eigenvalue weighted by Crippen LogP contribution is 2.31. The first-order valence-corrected chi connectivity index (χ1v) is 12.2. The summed E-state index contributed by atoms with van der Waals surface area (Å²) in [4.78, 5) is 17.7. The second kappa shape index (κ2) is 12.5. The Morgan fingerprint density at radius 2 is 1.73 bits per heavy atom. The second-order valence-electron chi connectivity index (χ2n) is 8.93. The first kappa shape index (κ1) is 25.7. The van der Waals surface area contributed by atoms with Gasteiger partial charge < -0.3 is 14.7 Å². The van der Waals surface area contributed by atoms with Crippen LogP contribution in [-0.2, 0) is 11.3 Å². The normalized spacial score (nSPS) is 16.9. The van der Waals surface area contributed by atoms with Gasteiger partial charge in [0.15, 0.2) is 0 Å². The highest BCUT2D eigenvalue weighted by molar-refractivity contribution is 6.31. The lowest BCUT2D eigenvalue weighted by molar-refractivity contribution is -0.123. The van der Waals surface area contributed by atoms with E-state index >= 15 is 0 Å². The molecule has 0 unspecified atom stereocenters. The number of carbonyl (C=O) groups excluding carboxylic acids is 1. The Hall–Kier alpha value is -1.95. The molecule has 180 valence electrons. The molecule has 2 aromatic rings. The summed E-state index contributed by atoms with van der Waals surface area (Å²) in [6.07, 6.45) is 7.86. The molecule has 4 rings (SSSR count). The quantitative estimate of drug-likeness (QED) is 0.486. The lowest BCUT2D eigenvalue weighted by Gasteiger charge is -2.30. The summed E-state index contributed by atoms with van der Waals surface area (Å²) in [6.45, 7) is 4.34. The molecule has 1 amide bonds. The number of aromatic hydroxyl groups is 1. The van der Waals surface area contributed by atoms with Crippen molar-refractivity contribution in [3.63, 3.8) is 0 Å². The van der Waals surface area contributed by atoms with Crippen LogP contribution in [0.25, 0.3) is 0 Å². The van der Waals surface area contributed by atoms with E-state index in [1.165, 1.54) is 38.4 Å². The smallest absolute Gasteiger partial charge is 0.230 e. The molecule has 0 atom stereocenters. The zero-order valence-electron chi connectivity index (χ0n) is 19.0. The van der Waals surface area contributed by atoms with Gasteiger partial charge in [0.25, 0.3) is 0 Å². The molecule has 2 aromatic carbocycles. The third kappa shape index (κ3) is 7.02. The third-order valence-electron chi connectivity index (χ3n) is 6.61. The highest BCUT2D eigenvalue weighted by atomic mass is 35.5. The number of halogens is 2. The van der Waals surface area contributed by atoms with Crippen molar-refractivity contribution in [2.75, 3.05) is 31.1 Å². The lowest BCUT2D eigenvalue weighted by Crippen LogP contribution is -2.36. The summed E-state index contributed by atoms with van der Waals surface area (Å²) in [7, 11) is 0. The maximum Gasteiger partial charge on any atom is 0.230 e. The number of phenolic OH excluding ortho intramolecular Hbond substituents is 1. The Morgan fingerprint density at radius 3 is 2.39 bits per heavy atom. The van der Waals surface area contributed by atoms with Crippen molar-refractivity contribution in [2.45, 2.75) is 51.5 Å². The zero-order chi connectivity index (χ0) is 22.3. The summed E-state index contributed by atoms with van der Waals surface area (Å²) >= 11 is 6.37. The van der Waals surface area contributed by atoms with E-state index in [0.29, 0.717) is 18.2 Å². The predicted octanol–water partition coefficient (Wildman–Crippen LogP) is 6.06. The summed E-state index contributed by atoms with van der Waals surface area (Å²) in [5, 5.41) is 10.2. The number of hydrogen-bond acceptors (Lipinski definition) is 4. The molecule has 0 aromatic heterocycles. The van der Waals surface area contributed by atoms with Gasteiger partial charge in [-0.1, -0.05) is 36.9 Å². The summed E-state index contributed by atoms with van der Waals surface area (Å²) in [5.41, 5.74) is 1.66. The van der Waals surface area contributed by atoms with Crippen molar-refractivity contribution < 1.29 is 14.6 Å². The van der Waals surface area contributed by atoms with Gasteiger partial charge >= 0.3 is 0 Å². The molecule has 1 aliphatic carbocycles. The number of nitrogens with zero attached hydrogens (tertiary/aromatic N) is 2. The summed E-state index contributed by atoms with van der Waals surface area (Å²) in [6, 6.07) is 12.7. The monoisotopic (exact) mass is 492 g/mol. The number of hydrogen-bond donors (Lipinski definition) is 1. The number of amides is 1. The Kier molecular flexibility index (Phi) is 9.72. The molecule has 5 nitrogen and oxygen atoms in total. The van der Waals surface area contributed by atoms with Gasteiger partial charge in [-0.25, -0.2) is 0 Å². The van der Waals surface area contributed by atoms with Crippen LogP contribution in [0, 0.1) is 5.92 Å². The molecular formula is C26H34Cl2N2O3. The Labute approximate surface area is 208 Å². The number of phenols is 1. The standard InChI is InChI=1S/C26H33ClN2O3.ClH/c27-25-18-23(30)11-8-21(25)19-29(26(31)20-6-2-1-3-7-20)22-9-12-24(13-10-22)32-17-16-28-14-4-5-15-28;/h8-13,18,20,30H,1-7,14-17,19H2;1H. The molecule has 7 heteroatoms. The largest absolute Gasteiger partial charge is 0.508 e. The van der Waals surface area contributed by atoms with E-state index in [0.717, 1.165) is 49.2 Å². The van der Waals surface area contributed by atoms with Gasteiger partial charge in [0.1, 0.15) is 18.1 Å². The number of ether oxygens (including phenoxy) is 1. The fourth-order valence-corrected chi connectivity index (χ4v) is 4.96. The van der Waals surface area contributed by atoms with E-state index in [4.69, 9.17) is 16.3 Å².